The van der Waals surface area contributed by atoms with E-state index in [4.69, 9.17) is 4.42 Å². The quantitative estimate of drug-likeness (QED) is 0.382. The van der Waals surface area contributed by atoms with Crippen LogP contribution in [0.25, 0.3) is 39.7 Å². The van der Waals surface area contributed by atoms with E-state index in [1.165, 1.54) is 55.5 Å². The molecule has 174 valence electrons. The van der Waals surface area contributed by atoms with E-state index in [0.29, 0.717) is 5.92 Å². The summed E-state index contributed by atoms with van der Waals surface area (Å²) in [4.78, 5) is 0. The fourth-order valence-electron chi connectivity index (χ4n) is 6.73. The zero-order chi connectivity index (χ0) is 23.8. The van der Waals surface area contributed by atoms with Crippen LogP contribution in [0.4, 0.5) is 0 Å². The lowest BCUT2D eigenvalue weighted by Gasteiger charge is -2.23. The van der Waals surface area contributed by atoms with Crippen molar-refractivity contribution < 1.29 is 4.42 Å². The van der Waals surface area contributed by atoms with E-state index in [0.717, 1.165) is 61.9 Å². The van der Waals surface area contributed by atoms with Crippen molar-refractivity contribution in [2.24, 2.45) is 5.92 Å². The number of benzene rings is 1. The van der Waals surface area contributed by atoms with Crippen LogP contribution in [-0.4, -0.2) is 4.57 Å². The highest BCUT2D eigenvalue weighted by atomic mass is 16.3. The van der Waals surface area contributed by atoms with Crippen LogP contribution in [0.1, 0.15) is 54.7 Å². The van der Waals surface area contributed by atoms with Crippen LogP contribution in [-0.2, 0) is 12.8 Å². The fourth-order valence-corrected chi connectivity index (χ4v) is 6.73. The van der Waals surface area contributed by atoms with Crippen LogP contribution in [0, 0.1) is 17.2 Å². The molecule has 0 radical (unpaired) electrons. The molecule has 3 heteroatoms. The van der Waals surface area contributed by atoms with Gasteiger partial charge in [-0.15, -0.1) is 0 Å². The summed E-state index contributed by atoms with van der Waals surface area (Å²) >= 11 is 0. The largest absolute Gasteiger partial charge is 0.460 e. The molecule has 3 aromatic rings. The van der Waals surface area contributed by atoms with Gasteiger partial charge < -0.3 is 8.98 Å². The Hall–Kier alpha value is -4.03. The Morgan fingerprint density at radius 1 is 0.889 bits per heavy atom. The Balaban J connectivity index is 1.40. The smallest absolute Gasteiger partial charge is 0.137 e. The van der Waals surface area contributed by atoms with Gasteiger partial charge in [-0.05, 0) is 67.4 Å². The normalized spacial score (nSPS) is 22.0. The fraction of sp³-hybridized carbons (Fsp3) is 0.242. The number of hydrogen-bond donors (Lipinski definition) is 0. The highest BCUT2D eigenvalue weighted by Gasteiger charge is 2.38. The van der Waals surface area contributed by atoms with E-state index in [2.05, 4.69) is 71.4 Å². The summed E-state index contributed by atoms with van der Waals surface area (Å²) in [6, 6.07) is 7.07. The van der Waals surface area contributed by atoms with Gasteiger partial charge in [0.25, 0.3) is 0 Å². The number of aromatic nitrogens is 1. The van der Waals surface area contributed by atoms with Gasteiger partial charge >= 0.3 is 0 Å². The third-order valence-electron chi connectivity index (χ3n) is 8.48. The summed E-state index contributed by atoms with van der Waals surface area (Å²) in [5.41, 5.74) is 12.5. The van der Waals surface area contributed by atoms with Crippen LogP contribution in [0.3, 0.4) is 0 Å². The van der Waals surface area contributed by atoms with Crippen molar-refractivity contribution in [1.82, 2.24) is 4.57 Å². The Morgan fingerprint density at radius 2 is 1.72 bits per heavy atom. The summed E-state index contributed by atoms with van der Waals surface area (Å²) in [6.07, 6.45) is 27.3. The van der Waals surface area contributed by atoms with Crippen molar-refractivity contribution in [2.75, 3.05) is 0 Å². The van der Waals surface area contributed by atoms with Gasteiger partial charge in [-0.2, -0.15) is 5.26 Å². The van der Waals surface area contributed by atoms with Gasteiger partial charge in [-0.1, -0.05) is 48.6 Å². The molecule has 0 aliphatic heterocycles. The van der Waals surface area contributed by atoms with Crippen molar-refractivity contribution in [3.63, 3.8) is 0 Å². The van der Waals surface area contributed by atoms with E-state index in [9.17, 15) is 5.26 Å². The van der Waals surface area contributed by atoms with Gasteiger partial charge in [0.1, 0.15) is 11.3 Å². The maximum absolute atomic E-state index is 9.58. The zero-order valence-corrected chi connectivity index (χ0v) is 20.2. The van der Waals surface area contributed by atoms with Crippen LogP contribution in [0.5, 0.6) is 0 Å². The van der Waals surface area contributed by atoms with E-state index < -0.39 is 0 Å². The van der Waals surface area contributed by atoms with Gasteiger partial charge in [-0.3, -0.25) is 0 Å². The van der Waals surface area contributed by atoms with Crippen molar-refractivity contribution in [3.05, 3.63) is 99.5 Å². The van der Waals surface area contributed by atoms with Crippen LogP contribution >= 0.6 is 0 Å². The topological polar surface area (TPSA) is 41.9 Å². The highest BCUT2D eigenvalue weighted by molar-refractivity contribution is 6.05. The van der Waals surface area contributed by atoms with Gasteiger partial charge in [0, 0.05) is 51.7 Å². The molecular formula is C33H26N2O. The lowest BCUT2D eigenvalue weighted by molar-refractivity contribution is 0.546. The molecule has 1 atom stereocenters. The molecule has 36 heavy (non-hydrogen) atoms. The number of fused-ring (bicyclic) bond motifs is 7. The minimum atomic E-state index is 0.371. The van der Waals surface area contributed by atoms with E-state index in [1.807, 2.05) is 6.08 Å². The number of rotatable bonds is 2. The first-order valence-electron chi connectivity index (χ1n) is 13.2. The molecule has 1 unspecified atom stereocenters. The first-order valence-corrected chi connectivity index (χ1v) is 13.2. The summed E-state index contributed by atoms with van der Waals surface area (Å²) in [5, 5.41) is 12.1. The average molecular weight is 467 g/mol. The summed E-state index contributed by atoms with van der Waals surface area (Å²) in [5.74, 6) is 1.49. The standard InChI is InChI=1S/C33H26N2O/c34-19-20-8-7-12-21(26-16-25(20)26)22-9-1-4-13-29(22)35-30-14-5-2-10-23(30)27-17-28-24-11-3-6-15-32(24)36-33(28)18-31(27)35/h1-3,7-12,17-18,26H,4-6,13-16H2. The first-order chi connectivity index (χ1) is 17.8. The predicted octanol–water partition coefficient (Wildman–Crippen LogP) is 8.20. The maximum Gasteiger partial charge on any atom is 0.137 e. The molecule has 1 fully saturated rings. The second kappa shape index (κ2) is 7.48. The summed E-state index contributed by atoms with van der Waals surface area (Å²) in [6.45, 7) is 0. The second-order valence-corrected chi connectivity index (χ2v) is 10.5. The zero-order valence-electron chi connectivity index (χ0n) is 20.2. The van der Waals surface area contributed by atoms with Crippen molar-refractivity contribution in [2.45, 2.75) is 44.9 Å². The minimum Gasteiger partial charge on any atom is -0.460 e. The number of furan rings is 1. The Morgan fingerprint density at radius 3 is 2.64 bits per heavy atom. The molecule has 2 heterocycles. The van der Waals surface area contributed by atoms with Crippen molar-refractivity contribution in [1.29, 1.82) is 5.26 Å². The molecule has 5 aliphatic rings. The average Bonchev–Trinajstić information content (AvgIpc) is 3.56. The van der Waals surface area contributed by atoms with Gasteiger partial charge in [0.15, 0.2) is 0 Å². The number of allylic oxidation sites excluding steroid dienone is 12. The molecule has 0 bridgehead atoms. The number of nitriles is 1. The van der Waals surface area contributed by atoms with E-state index >= 15 is 0 Å². The number of aryl methyl sites for hydroxylation is 1. The molecule has 0 spiro atoms. The van der Waals surface area contributed by atoms with Crippen LogP contribution in [0.15, 0.2) is 81.4 Å². The molecule has 3 nitrogen and oxygen atoms in total. The van der Waals surface area contributed by atoms with Crippen molar-refractivity contribution in [3.8, 4) is 6.07 Å². The third-order valence-corrected chi connectivity index (χ3v) is 8.48. The van der Waals surface area contributed by atoms with Gasteiger partial charge in [0.2, 0.25) is 0 Å². The van der Waals surface area contributed by atoms with Crippen molar-refractivity contribution >= 4 is 39.7 Å². The third kappa shape index (κ3) is 2.79. The molecule has 8 rings (SSSR count). The molecule has 0 N–H and O–H groups in total. The number of nitrogens with zero attached hydrogens (tertiary/aromatic N) is 2. The predicted molar refractivity (Wildman–Crippen MR) is 146 cm³/mol. The monoisotopic (exact) mass is 466 g/mol. The first kappa shape index (κ1) is 20.2. The molecule has 0 amide bonds. The van der Waals surface area contributed by atoms with E-state index in [-0.39, 0.29) is 0 Å². The molecule has 5 aliphatic carbocycles. The van der Waals surface area contributed by atoms with Crippen LogP contribution < -0.4 is 0 Å². The van der Waals surface area contributed by atoms with Gasteiger partial charge in [0.05, 0.1) is 17.2 Å². The molecular weight excluding hydrogens is 440 g/mol. The molecule has 1 aromatic carbocycles. The molecule has 2 aromatic heterocycles. The highest BCUT2D eigenvalue weighted by Crippen LogP contribution is 2.51. The Labute approximate surface area is 210 Å². The maximum atomic E-state index is 9.58. The summed E-state index contributed by atoms with van der Waals surface area (Å²) in [7, 11) is 0. The molecule has 1 saturated carbocycles. The second-order valence-electron chi connectivity index (χ2n) is 10.5. The van der Waals surface area contributed by atoms with Crippen LogP contribution in [0.2, 0.25) is 0 Å². The minimum absolute atomic E-state index is 0.371. The summed E-state index contributed by atoms with van der Waals surface area (Å²) < 4.78 is 8.98. The van der Waals surface area contributed by atoms with E-state index in [1.54, 1.807) is 0 Å². The SMILES string of the molecule is N#CC1=C2CC2C(C2=C(n3c4c(c5cc6c7c(oc6cc53)CCC=C7)C=CCC4)CCC=C2)=CC=C1. The Bertz CT molecular complexity index is 1760. The number of hydrogen-bond acceptors (Lipinski definition) is 2. The lowest BCUT2D eigenvalue weighted by atomic mass is 9.92. The molecule has 0 saturated heterocycles. The Kier molecular flexibility index (Phi) is 4.20. The van der Waals surface area contributed by atoms with Gasteiger partial charge in [-0.25, -0.2) is 0 Å². The lowest BCUT2D eigenvalue weighted by Crippen LogP contribution is -2.10.